The van der Waals surface area contributed by atoms with Gasteiger partial charge < -0.3 is 47.5 Å². The molecule has 682 valence electrons. The standard InChI is InChI=1S/C19H24N2O3S2.C15H14N2OS.C10H11BrO2S.C10H14N2OS.C9H9BrO2S.C8H6BrFO2.C7H4BrFO2.C5H12Si.C4H8O.C2H6S.2CH4.Na/c1-5-25-15-10-6-9-14(16(15)18(22)23)17(13-8-7-11-20-12-13)21-26(24)19(2,3)4;1-2-19-12-7-3-6-11-13(12)15(18)17-14(11)10-5-4-8-16-9-10;1-3-14-8-6-4-5-7(11)9(8)10(12)13-2;1-10(2,3)14(13)12-8-9-5-4-6-11-7-9;1-2-13-7-5-3-4-6(10)8(7)9(11)12;1-12-8(11)7-5(9)3-2-4-6(7)10;8-4-2-1-3-5(9)6(4)7(10)11;1-5-6(2,3)4;1-2-4-5-3-1;1-2-3;;;/h6-12,17,21H,5H2,1-4H3,(H,22,23);3-9,14H,2H2,1H3,(H,17,18);4-6H,3H2,1-2H3;4-8H,1-3H3;3-5H,2H2,1H3,(H,11,12);2-4H,1H3;1-3H,(H,10,11);5H,1H2,2-4H3;1-4H2;3H,2H2,1H3;2*1H4;/q;;;;;;;;;;;;+1/p-1. The number of nitrogens with one attached hydrogen (secondary N) is 2. The number of nitrogens with zero attached hydrogens (tertiary/aromatic N) is 4. The Morgan fingerprint density at radius 3 is 1.38 bits per heavy atom. The molecule has 6 aromatic carbocycles. The Morgan fingerprint density at radius 1 is 0.595 bits per heavy atom. The molecule has 0 spiro atoms. The van der Waals surface area contributed by atoms with Gasteiger partial charge in [-0.1, -0.05) is 136 Å². The normalized spacial score (nSPS) is 12.6. The average molecular weight is 2150 g/mol. The van der Waals surface area contributed by atoms with Crippen molar-refractivity contribution >= 4 is 195 Å². The zero-order chi connectivity index (χ0) is 92.6. The van der Waals surface area contributed by atoms with Crippen molar-refractivity contribution < 1.29 is 105 Å². The van der Waals surface area contributed by atoms with E-state index in [2.05, 4.69) is 149 Å². The van der Waals surface area contributed by atoms with Crippen LogP contribution in [0, 0.1) is 11.6 Å². The number of methoxy groups -OCH3 is 2. The Bertz CT molecular complexity index is 4870. The molecule has 1 saturated heterocycles. The summed E-state index contributed by atoms with van der Waals surface area (Å²) in [6, 6.07) is 41.5. The smallest absolute Gasteiger partial charge is 0.793 e. The first kappa shape index (κ1) is 122. The maximum absolute atomic E-state index is 13.0. The summed E-state index contributed by atoms with van der Waals surface area (Å²) in [4.78, 5) is 83.6. The van der Waals surface area contributed by atoms with Crippen molar-refractivity contribution in [3.63, 3.8) is 0 Å². The van der Waals surface area contributed by atoms with Crippen molar-refractivity contribution in [2.45, 2.75) is 165 Å². The van der Waals surface area contributed by atoms with E-state index < -0.39 is 76.3 Å². The summed E-state index contributed by atoms with van der Waals surface area (Å²) in [6.07, 6.45) is 14.4. The third kappa shape index (κ3) is 44.3. The van der Waals surface area contributed by atoms with Crippen LogP contribution < -0.4 is 39.6 Å². The number of hydrogen-bond donors (Lipinski definition) is 5. The summed E-state index contributed by atoms with van der Waals surface area (Å²) in [5.41, 5.74) is 8.01. The Kier molecular flexibility index (Phi) is 63.4. The number of carboxylic acid groups (broad SMARTS) is 3. The van der Waals surface area contributed by atoms with Crippen LogP contribution in [0.25, 0.3) is 0 Å². The van der Waals surface area contributed by atoms with E-state index in [-0.39, 0.29) is 88.2 Å². The number of aromatic nitrogens is 3. The van der Waals surface area contributed by atoms with Crippen LogP contribution in [0.15, 0.2) is 237 Å². The number of rotatable bonds is 21. The second kappa shape index (κ2) is 65.5. The first-order valence-electron chi connectivity index (χ1n) is 38.2. The van der Waals surface area contributed by atoms with Crippen LogP contribution in [0.1, 0.15) is 206 Å². The molecule has 20 nitrogen and oxygen atoms in total. The minimum Gasteiger partial charge on any atom is -0.793 e. The van der Waals surface area contributed by atoms with E-state index in [4.69, 9.17) is 19.7 Å². The number of hydrogen-bond acceptors (Lipinski definition) is 19. The molecular weight excluding hydrogens is 2030 g/mol. The first-order valence-corrected chi connectivity index (χ1v) is 51.8. The molecule has 35 heteroatoms. The van der Waals surface area contributed by atoms with Crippen molar-refractivity contribution in [3.8, 4) is 0 Å². The minimum absolute atomic E-state index is 0. The second-order valence-electron chi connectivity index (χ2n) is 28.0. The van der Waals surface area contributed by atoms with Crippen LogP contribution in [0.5, 0.6) is 0 Å². The number of halogens is 6. The van der Waals surface area contributed by atoms with Gasteiger partial charge in [0.2, 0.25) is 0 Å². The SMILES string of the molecule is C.C.C1CCOC1.C=C[Si](C)(C)C.CC(C)(C)S(=O)N=Cc1cccnc1.CCSc1cccc(Br)c1C(=O)O.CCSc1cccc(Br)c1C(=O)OC.CCSc1cccc(C(NS(=O)C(C)(C)C)c2cccnc2)c1C(=O)O.CCSc1cccc2c1C(=O)NC2c1cccnc1.CC[S-].COC(=O)c1c(F)cccc1Br.O=C(O)c1c(F)cccc1Br.[Na+]. The quantitative estimate of drug-likeness (QED) is 0.0147. The summed E-state index contributed by atoms with van der Waals surface area (Å²) in [5, 5.41) is 30.3. The predicted octanol–water partition coefficient (Wildman–Crippen LogP) is 22.0. The Balaban J connectivity index is 0. The average Bonchev–Trinajstić information content (AvgIpc) is 1.36. The molecule has 2 aliphatic rings. The van der Waals surface area contributed by atoms with Crippen LogP contribution >= 0.6 is 111 Å². The Morgan fingerprint density at radius 2 is 0.992 bits per heavy atom. The number of carbonyl (C=O) groups is 6. The molecule has 0 saturated carbocycles. The third-order valence-electron chi connectivity index (χ3n) is 15.5. The number of carbonyl (C=O) groups excluding carboxylic acids is 3. The molecule has 1 fully saturated rings. The number of aromatic carboxylic acids is 3. The zero-order valence-electron chi connectivity index (χ0n) is 72.4. The first-order chi connectivity index (χ1) is 58.2. The van der Waals surface area contributed by atoms with Gasteiger partial charge in [-0.3, -0.25) is 19.7 Å². The van der Waals surface area contributed by atoms with Crippen LogP contribution in [0.3, 0.4) is 0 Å². The van der Waals surface area contributed by atoms with Gasteiger partial charge in [-0.15, -0.1) is 59.3 Å². The van der Waals surface area contributed by atoms with Gasteiger partial charge in [-0.2, -0.15) is 10.2 Å². The monoisotopic (exact) mass is 2140 g/mol. The van der Waals surface area contributed by atoms with Gasteiger partial charge in [0.25, 0.3) is 5.91 Å². The van der Waals surface area contributed by atoms with E-state index in [1.807, 2.05) is 160 Å². The fourth-order valence-electron chi connectivity index (χ4n) is 9.63. The molecular formula is C91H115Br4F2N6NaO14S7Si. The van der Waals surface area contributed by atoms with Crippen LogP contribution in [0.2, 0.25) is 19.6 Å². The largest absolute Gasteiger partial charge is 1.00 e. The van der Waals surface area contributed by atoms with E-state index in [1.54, 1.807) is 91.2 Å². The van der Waals surface area contributed by atoms with Crippen molar-refractivity contribution in [1.82, 2.24) is 25.0 Å². The molecule has 0 aliphatic carbocycles. The predicted molar refractivity (Wildman–Crippen MR) is 534 cm³/mol. The van der Waals surface area contributed by atoms with Gasteiger partial charge in [-0.05, 0) is 242 Å². The van der Waals surface area contributed by atoms with Crippen molar-refractivity contribution in [3.05, 3.63) is 286 Å². The van der Waals surface area contributed by atoms with E-state index in [0.717, 1.165) is 95.0 Å². The number of benzene rings is 6. The molecule has 4 atom stereocenters. The number of fused-ring (bicyclic) bond motifs is 1. The van der Waals surface area contributed by atoms with Crippen molar-refractivity contribution in [2.75, 3.05) is 56.2 Å². The van der Waals surface area contributed by atoms with E-state index >= 15 is 0 Å². The maximum Gasteiger partial charge on any atom is 1.00 e. The summed E-state index contributed by atoms with van der Waals surface area (Å²) in [5.74, 6) is -1.06. The van der Waals surface area contributed by atoms with Gasteiger partial charge in [0, 0.05) is 99.6 Å². The maximum atomic E-state index is 13.0. The van der Waals surface area contributed by atoms with Crippen LogP contribution in [0.4, 0.5) is 8.78 Å². The molecule has 0 radical (unpaired) electrons. The summed E-state index contributed by atoms with van der Waals surface area (Å²) < 4.78 is 72.3. The van der Waals surface area contributed by atoms with Crippen LogP contribution in [-0.4, -0.2) is 154 Å². The van der Waals surface area contributed by atoms with E-state index in [0.29, 0.717) is 30.5 Å². The molecule has 5 heterocycles. The molecule has 5 N–H and O–H groups in total. The molecule has 126 heavy (non-hydrogen) atoms. The number of pyridine rings is 3. The topological polar surface area (TPSA) is 300 Å². The fourth-order valence-corrected chi connectivity index (χ4v) is 16.7. The van der Waals surface area contributed by atoms with Gasteiger partial charge in [0.05, 0.1) is 77.1 Å². The molecule has 3 aromatic heterocycles. The Labute approximate surface area is 827 Å². The summed E-state index contributed by atoms with van der Waals surface area (Å²) in [6.45, 7) is 33.8. The molecule has 11 rings (SSSR count). The van der Waals surface area contributed by atoms with Gasteiger partial charge in [-0.25, -0.2) is 45.9 Å². The summed E-state index contributed by atoms with van der Waals surface area (Å²) in [7, 11) is -0.841. The zero-order valence-corrected chi connectivity index (χ0v) is 87.5. The molecule has 0 bridgehead atoms. The van der Waals surface area contributed by atoms with Gasteiger partial charge in [0.15, 0.2) is 0 Å². The van der Waals surface area contributed by atoms with E-state index in [9.17, 15) is 51.1 Å². The number of amides is 1. The third-order valence-corrected chi connectivity index (χ3v) is 26.0. The number of carboxylic acids is 3. The van der Waals surface area contributed by atoms with Crippen molar-refractivity contribution in [2.24, 2.45) is 4.40 Å². The Hall–Kier alpha value is -6.03. The number of thioether (sulfide) groups is 4. The second-order valence-corrected chi connectivity index (χ2v) is 46.3. The molecule has 4 unspecified atom stereocenters. The number of esters is 2. The van der Waals surface area contributed by atoms with Gasteiger partial charge >= 0.3 is 59.4 Å². The van der Waals surface area contributed by atoms with E-state index in [1.165, 1.54) is 74.9 Å². The molecule has 2 aliphatic heterocycles. The molecule has 9 aromatic rings. The fraction of sp³-hybridized carbons (Fsp3) is 0.341. The molecule has 1 amide bonds. The van der Waals surface area contributed by atoms with Crippen LogP contribution in [-0.2, 0) is 48.8 Å². The van der Waals surface area contributed by atoms with Gasteiger partial charge in [0.1, 0.15) is 33.7 Å². The summed E-state index contributed by atoms with van der Waals surface area (Å²) >= 11 is 23.3. The minimum atomic E-state index is -1.38. The van der Waals surface area contributed by atoms with Crippen molar-refractivity contribution in [1.29, 1.82) is 0 Å². The number of ether oxygens (including phenoxy) is 3.